The smallest absolute Gasteiger partial charge is 0.130 e. The van der Waals surface area contributed by atoms with Gasteiger partial charge >= 0.3 is 0 Å². The lowest BCUT2D eigenvalue weighted by atomic mass is 10.1. The first-order chi connectivity index (χ1) is 12.5. The second-order valence-corrected chi connectivity index (χ2v) is 9.20. The molecule has 0 saturated carbocycles. The van der Waals surface area contributed by atoms with Gasteiger partial charge in [-0.1, -0.05) is 55.4 Å². The number of rotatable bonds is 8. The van der Waals surface area contributed by atoms with Crippen molar-refractivity contribution >= 4 is 23.1 Å². The number of carbonyl (C=O) groups excluding carboxylic acids is 4. The number of carbonyl (C=O) groups is 4. The highest BCUT2D eigenvalue weighted by atomic mass is 16.1. The Kier molecular flexibility index (Phi) is 26.8. The molecule has 0 spiro atoms. The molecule has 0 aliphatic carbocycles. The van der Waals surface area contributed by atoms with Crippen LogP contribution in [0.1, 0.15) is 109 Å². The first-order valence-corrected chi connectivity index (χ1v) is 10.5. The SMILES string of the molecule is CC(=O)CC(C)C.CC(=O)CC(C)C.CC(=O)CC(C)C.CC(=O)CC(C)C. The molecule has 0 heterocycles. The van der Waals surface area contributed by atoms with E-state index in [1.54, 1.807) is 27.7 Å². The Hall–Kier alpha value is -1.32. The van der Waals surface area contributed by atoms with E-state index in [1.807, 2.05) is 55.4 Å². The molecule has 0 amide bonds. The second kappa shape index (κ2) is 22.0. The fraction of sp³-hybridized carbons (Fsp3) is 0.833. The number of hydrogen-bond acceptors (Lipinski definition) is 4. The molecule has 0 saturated heterocycles. The van der Waals surface area contributed by atoms with Gasteiger partial charge in [0.1, 0.15) is 23.1 Å². The van der Waals surface area contributed by atoms with Gasteiger partial charge in [0.2, 0.25) is 0 Å². The minimum absolute atomic E-state index is 0.287. The molecule has 168 valence electrons. The van der Waals surface area contributed by atoms with E-state index < -0.39 is 0 Å². The van der Waals surface area contributed by atoms with Crippen LogP contribution >= 0.6 is 0 Å². The molecule has 0 aromatic rings. The summed E-state index contributed by atoms with van der Waals surface area (Å²) < 4.78 is 0. The van der Waals surface area contributed by atoms with Crippen LogP contribution in [0, 0.1) is 23.7 Å². The summed E-state index contributed by atoms with van der Waals surface area (Å²) in [5.74, 6) is 3.25. The zero-order valence-electron chi connectivity index (χ0n) is 20.8. The Labute approximate surface area is 175 Å². The first-order valence-electron chi connectivity index (χ1n) is 10.5. The standard InChI is InChI=1S/4C6H12O/c4*1-5(2)4-6(3)7/h4*5H,4H2,1-3H3. The molecule has 0 radical (unpaired) electrons. The van der Waals surface area contributed by atoms with E-state index >= 15 is 0 Å². The maximum Gasteiger partial charge on any atom is 0.130 e. The Morgan fingerprint density at radius 2 is 0.500 bits per heavy atom. The monoisotopic (exact) mass is 400 g/mol. The summed E-state index contributed by atoms with van der Waals surface area (Å²) >= 11 is 0. The van der Waals surface area contributed by atoms with Gasteiger partial charge in [-0.2, -0.15) is 0 Å². The lowest BCUT2D eigenvalue weighted by molar-refractivity contribution is -0.118. The summed E-state index contributed by atoms with van der Waals surface area (Å²) in [6, 6.07) is 0. The van der Waals surface area contributed by atoms with E-state index in [1.165, 1.54) is 0 Å². The first kappa shape index (κ1) is 34.2. The Morgan fingerprint density at radius 3 is 0.500 bits per heavy atom. The summed E-state index contributed by atoms with van der Waals surface area (Å²) in [7, 11) is 0. The molecule has 0 N–H and O–H groups in total. The molecule has 28 heavy (non-hydrogen) atoms. The number of hydrogen-bond donors (Lipinski definition) is 0. The summed E-state index contributed by atoms with van der Waals surface area (Å²) in [6.45, 7) is 22.8. The van der Waals surface area contributed by atoms with Crippen molar-refractivity contribution in [2.24, 2.45) is 23.7 Å². The van der Waals surface area contributed by atoms with Gasteiger partial charge < -0.3 is 19.2 Å². The van der Waals surface area contributed by atoms with Gasteiger partial charge in [0.15, 0.2) is 0 Å². The van der Waals surface area contributed by atoms with Crippen molar-refractivity contribution in [3.05, 3.63) is 0 Å². The minimum atomic E-state index is 0.287. The van der Waals surface area contributed by atoms with Crippen LogP contribution in [0.15, 0.2) is 0 Å². The normalized spacial score (nSPS) is 9.71. The molecule has 4 nitrogen and oxygen atoms in total. The molecule has 0 rings (SSSR count). The fourth-order valence-electron chi connectivity index (χ4n) is 2.30. The van der Waals surface area contributed by atoms with Crippen molar-refractivity contribution in [3.8, 4) is 0 Å². The van der Waals surface area contributed by atoms with E-state index in [-0.39, 0.29) is 23.1 Å². The highest BCUT2D eigenvalue weighted by molar-refractivity contribution is 5.76. The quantitative estimate of drug-likeness (QED) is 0.467. The van der Waals surface area contributed by atoms with Crippen molar-refractivity contribution in [3.63, 3.8) is 0 Å². The summed E-state index contributed by atoms with van der Waals surface area (Å²) in [5.41, 5.74) is 0. The van der Waals surface area contributed by atoms with Gasteiger partial charge in [-0.15, -0.1) is 0 Å². The van der Waals surface area contributed by atoms with Gasteiger partial charge in [-0.25, -0.2) is 0 Å². The zero-order chi connectivity index (χ0) is 23.4. The molecule has 0 aromatic heterocycles. The molecule has 0 fully saturated rings. The van der Waals surface area contributed by atoms with Crippen molar-refractivity contribution in [1.29, 1.82) is 0 Å². The molecule has 0 aliphatic rings. The fourth-order valence-corrected chi connectivity index (χ4v) is 2.30. The Morgan fingerprint density at radius 1 is 0.393 bits per heavy atom. The molecule has 0 aliphatic heterocycles. The van der Waals surface area contributed by atoms with Gasteiger partial charge in [-0.05, 0) is 51.4 Å². The van der Waals surface area contributed by atoms with Crippen LogP contribution in [0.25, 0.3) is 0 Å². The second-order valence-electron chi connectivity index (χ2n) is 9.20. The Bertz CT molecular complexity index is 338. The van der Waals surface area contributed by atoms with Gasteiger partial charge in [0.25, 0.3) is 0 Å². The van der Waals surface area contributed by atoms with Crippen molar-refractivity contribution < 1.29 is 19.2 Å². The minimum Gasteiger partial charge on any atom is -0.300 e. The van der Waals surface area contributed by atoms with Crippen molar-refractivity contribution in [2.45, 2.75) is 109 Å². The van der Waals surface area contributed by atoms with Crippen LogP contribution in [-0.4, -0.2) is 23.1 Å². The highest BCUT2D eigenvalue weighted by Gasteiger charge is 1.97. The number of Topliss-reactive ketones (excluding diaryl/α,β-unsaturated/α-hetero) is 4. The van der Waals surface area contributed by atoms with Crippen LogP contribution in [0.5, 0.6) is 0 Å². The molecule has 0 unspecified atom stereocenters. The van der Waals surface area contributed by atoms with Crippen LogP contribution in [-0.2, 0) is 19.2 Å². The largest absolute Gasteiger partial charge is 0.300 e. The molecule has 0 aromatic carbocycles. The number of ketones is 4. The molecule has 0 atom stereocenters. The maximum atomic E-state index is 10.3. The van der Waals surface area contributed by atoms with Crippen molar-refractivity contribution in [1.82, 2.24) is 0 Å². The summed E-state index contributed by atoms with van der Waals surface area (Å²) in [5, 5.41) is 0. The molecular weight excluding hydrogens is 352 g/mol. The zero-order valence-corrected chi connectivity index (χ0v) is 20.8. The van der Waals surface area contributed by atoms with Gasteiger partial charge in [-0.3, -0.25) is 0 Å². The average Bonchev–Trinajstić information content (AvgIpc) is 2.32. The molecule has 4 heteroatoms. The van der Waals surface area contributed by atoms with Gasteiger partial charge in [0, 0.05) is 25.7 Å². The molecule has 0 bridgehead atoms. The van der Waals surface area contributed by atoms with Crippen LogP contribution in [0.4, 0.5) is 0 Å². The van der Waals surface area contributed by atoms with E-state index in [4.69, 9.17) is 0 Å². The highest BCUT2D eigenvalue weighted by Crippen LogP contribution is 1.99. The van der Waals surface area contributed by atoms with E-state index in [2.05, 4.69) is 0 Å². The Balaban J connectivity index is -0.000000137. The van der Waals surface area contributed by atoms with E-state index in [0.717, 1.165) is 25.7 Å². The van der Waals surface area contributed by atoms with Crippen LogP contribution < -0.4 is 0 Å². The third-order valence-corrected chi connectivity index (χ3v) is 2.78. The van der Waals surface area contributed by atoms with Crippen molar-refractivity contribution in [2.75, 3.05) is 0 Å². The lowest BCUT2D eigenvalue weighted by Gasteiger charge is -1.95. The summed E-state index contributed by atoms with van der Waals surface area (Å²) in [6.07, 6.45) is 2.89. The van der Waals surface area contributed by atoms with Gasteiger partial charge in [0.05, 0.1) is 0 Å². The third kappa shape index (κ3) is 64.2. The average molecular weight is 401 g/mol. The predicted molar refractivity (Wildman–Crippen MR) is 121 cm³/mol. The van der Waals surface area contributed by atoms with E-state index in [9.17, 15) is 19.2 Å². The van der Waals surface area contributed by atoms with Crippen LogP contribution in [0.3, 0.4) is 0 Å². The lowest BCUT2D eigenvalue weighted by Crippen LogP contribution is -1.95. The predicted octanol–water partition coefficient (Wildman–Crippen LogP) is 6.49. The maximum absolute atomic E-state index is 10.3. The third-order valence-electron chi connectivity index (χ3n) is 2.78. The molecular formula is C24H48O4. The van der Waals surface area contributed by atoms with Crippen LogP contribution in [0.2, 0.25) is 0 Å². The van der Waals surface area contributed by atoms with E-state index in [0.29, 0.717) is 23.7 Å². The topological polar surface area (TPSA) is 68.3 Å². The summed E-state index contributed by atoms with van der Waals surface area (Å²) in [4.78, 5) is 41.0.